The molecule has 1 atom stereocenters. The highest BCUT2D eigenvalue weighted by Crippen LogP contribution is 2.27. The van der Waals surface area contributed by atoms with Crippen LogP contribution in [0.25, 0.3) is 0 Å². The van der Waals surface area contributed by atoms with Crippen molar-refractivity contribution in [3.8, 4) is 0 Å². The molecule has 0 saturated carbocycles. The Morgan fingerprint density at radius 1 is 1.39 bits per heavy atom. The van der Waals surface area contributed by atoms with E-state index in [4.69, 9.17) is 11.6 Å². The lowest BCUT2D eigenvalue weighted by atomic mass is 10.1. The fourth-order valence-electron chi connectivity index (χ4n) is 2.69. The van der Waals surface area contributed by atoms with Crippen LogP contribution >= 0.6 is 11.6 Å². The molecular weight excluding hydrogens is 248 g/mol. The van der Waals surface area contributed by atoms with Crippen LogP contribution in [0.1, 0.15) is 18.9 Å². The minimum absolute atomic E-state index is 0.0367. The van der Waals surface area contributed by atoms with Gasteiger partial charge in [0.1, 0.15) is 0 Å². The molecule has 0 amide bonds. The van der Waals surface area contributed by atoms with Crippen LogP contribution in [0.2, 0.25) is 5.02 Å². The molecule has 1 heterocycles. The second-order valence-electron chi connectivity index (χ2n) is 5.09. The first kappa shape index (κ1) is 13.7. The topological polar surface area (TPSA) is 26.7 Å². The summed E-state index contributed by atoms with van der Waals surface area (Å²) in [5.41, 5.74) is 2.03. The molecule has 0 aromatic heterocycles. The summed E-state index contributed by atoms with van der Waals surface area (Å²) in [6.45, 7) is 5.48. The van der Waals surface area contributed by atoms with E-state index in [1.807, 2.05) is 18.2 Å². The lowest BCUT2D eigenvalue weighted by Gasteiger charge is -2.31. The minimum atomic E-state index is 0.0367. The van der Waals surface area contributed by atoms with Crippen molar-refractivity contribution in [3.63, 3.8) is 0 Å². The standard InChI is InChI=1S/C14H21ClN2O/c1-11-9-16(2)6-3-7-17(11)14-5-4-13(15)8-12(14)10-18/h4-5,8,11,18H,3,6-7,9-10H2,1-2H3. The van der Waals surface area contributed by atoms with Crippen LogP contribution in [-0.4, -0.2) is 42.7 Å². The molecule has 100 valence electrons. The van der Waals surface area contributed by atoms with Crippen molar-refractivity contribution in [2.45, 2.75) is 26.0 Å². The molecule has 4 heteroatoms. The number of anilines is 1. The van der Waals surface area contributed by atoms with Crippen LogP contribution in [0, 0.1) is 0 Å². The van der Waals surface area contributed by atoms with Crippen LogP contribution in [0.15, 0.2) is 18.2 Å². The van der Waals surface area contributed by atoms with Crippen LogP contribution in [0.5, 0.6) is 0 Å². The van der Waals surface area contributed by atoms with E-state index in [0.29, 0.717) is 11.1 Å². The number of aliphatic hydroxyl groups is 1. The maximum atomic E-state index is 9.49. The van der Waals surface area contributed by atoms with E-state index in [0.717, 1.165) is 37.3 Å². The molecule has 1 saturated heterocycles. The van der Waals surface area contributed by atoms with Crippen molar-refractivity contribution in [3.05, 3.63) is 28.8 Å². The van der Waals surface area contributed by atoms with Gasteiger partial charge in [-0.05, 0) is 45.1 Å². The van der Waals surface area contributed by atoms with Crippen LogP contribution in [-0.2, 0) is 6.61 Å². The number of rotatable bonds is 2. The number of hydrogen-bond acceptors (Lipinski definition) is 3. The summed E-state index contributed by atoms with van der Waals surface area (Å²) >= 11 is 5.99. The van der Waals surface area contributed by atoms with Gasteiger partial charge >= 0.3 is 0 Å². The Morgan fingerprint density at radius 3 is 2.89 bits per heavy atom. The quantitative estimate of drug-likeness (QED) is 0.892. The van der Waals surface area contributed by atoms with Gasteiger partial charge in [0.2, 0.25) is 0 Å². The van der Waals surface area contributed by atoms with Gasteiger partial charge in [-0.3, -0.25) is 0 Å². The van der Waals surface area contributed by atoms with Crippen molar-refractivity contribution in [1.82, 2.24) is 4.90 Å². The Bertz CT molecular complexity index is 411. The zero-order valence-corrected chi connectivity index (χ0v) is 11.8. The molecule has 0 aliphatic carbocycles. The van der Waals surface area contributed by atoms with Gasteiger partial charge in [-0.2, -0.15) is 0 Å². The minimum Gasteiger partial charge on any atom is -0.392 e. The van der Waals surface area contributed by atoms with Crippen LogP contribution in [0.3, 0.4) is 0 Å². The Morgan fingerprint density at radius 2 is 2.17 bits per heavy atom. The van der Waals surface area contributed by atoms with Gasteiger partial charge in [0.05, 0.1) is 6.61 Å². The average Bonchev–Trinajstić information content (AvgIpc) is 2.50. The van der Waals surface area contributed by atoms with Gasteiger partial charge < -0.3 is 14.9 Å². The van der Waals surface area contributed by atoms with Crippen molar-refractivity contribution in [2.75, 3.05) is 31.6 Å². The highest BCUT2D eigenvalue weighted by molar-refractivity contribution is 6.30. The van der Waals surface area contributed by atoms with E-state index in [-0.39, 0.29) is 6.61 Å². The van der Waals surface area contributed by atoms with E-state index in [9.17, 15) is 5.11 Å². The Hall–Kier alpha value is -0.770. The maximum Gasteiger partial charge on any atom is 0.0702 e. The summed E-state index contributed by atoms with van der Waals surface area (Å²) in [4.78, 5) is 4.74. The molecule has 0 bridgehead atoms. The normalized spacial score (nSPS) is 22.0. The molecule has 0 radical (unpaired) electrons. The van der Waals surface area contributed by atoms with Gasteiger partial charge in [-0.15, -0.1) is 0 Å². The molecule has 2 rings (SSSR count). The fraction of sp³-hybridized carbons (Fsp3) is 0.571. The summed E-state index contributed by atoms with van der Waals surface area (Å²) in [5.74, 6) is 0. The number of likely N-dealkylation sites (N-methyl/N-ethyl adjacent to an activating group) is 1. The van der Waals surface area contributed by atoms with Crippen molar-refractivity contribution in [1.29, 1.82) is 0 Å². The highest BCUT2D eigenvalue weighted by atomic mass is 35.5. The summed E-state index contributed by atoms with van der Waals surface area (Å²) in [7, 11) is 2.16. The molecular formula is C14H21ClN2O. The Kier molecular flexibility index (Phi) is 4.49. The summed E-state index contributed by atoms with van der Waals surface area (Å²) in [6, 6.07) is 6.23. The summed E-state index contributed by atoms with van der Waals surface area (Å²) < 4.78 is 0. The zero-order valence-electron chi connectivity index (χ0n) is 11.1. The molecule has 1 aromatic carbocycles. The number of halogens is 1. The van der Waals surface area contributed by atoms with Gasteiger partial charge in [-0.25, -0.2) is 0 Å². The number of nitrogens with zero attached hydrogens (tertiary/aromatic N) is 2. The second-order valence-corrected chi connectivity index (χ2v) is 5.53. The van der Waals surface area contributed by atoms with Gasteiger partial charge in [0.25, 0.3) is 0 Å². The lowest BCUT2D eigenvalue weighted by Crippen LogP contribution is -2.38. The first-order valence-electron chi connectivity index (χ1n) is 6.46. The summed E-state index contributed by atoms with van der Waals surface area (Å²) in [5, 5.41) is 10.2. The largest absolute Gasteiger partial charge is 0.392 e. The Labute approximate surface area is 114 Å². The average molecular weight is 269 g/mol. The number of aliphatic hydroxyl groups excluding tert-OH is 1. The molecule has 1 fully saturated rings. The maximum absolute atomic E-state index is 9.49. The van der Waals surface area contributed by atoms with E-state index < -0.39 is 0 Å². The third-order valence-corrected chi connectivity index (χ3v) is 3.80. The van der Waals surface area contributed by atoms with E-state index in [2.05, 4.69) is 23.8 Å². The molecule has 1 unspecified atom stereocenters. The van der Waals surface area contributed by atoms with Crippen LogP contribution < -0.4 is 4.90 Å². The molecule has 1 aliphatic rings. The van der Waals surface area contributed by atoms with Crippen molar-refractivity contribution in [2.24, 2.45) is 0 Å². The molecule has 1 aliphatic heterocycles. The first-order valence-corrected chi connectivity index (χ1v) is 6.84. The SMILES string of the molecule is CC1CN(C)CCCN1c1ccc(Cl)cc1CO. The summed E-state index contributed by atoms with van der Waals surface area (Å²) in [6.07, 6.45) is 1.15. The lowest BCUT2D eigenvalue weighted by molar-refractivity contribution is 0.281. The molecule has 18 heavy (non-hydrogen) atoms. The molecule has 0 spiro atoms. The van der Waals surface area contributed by atoms with Gasteiger partial charge in [0, 0.05) is 35.4 Å². The predicted molar refractivity (Wildman–Crippen MR) is 76.3 cm³/mol. The highest BCUT2D eigenvalue weighted by Gasteiger charge is 2.21. The monoisotopic (exact) mass is 268 g/mol. The number of hydrogen-bond donors (Lipinski definition) is 1. The van der Waals surface area contributed by atoms with Gasteiger partial charge in [0.15, 0.2) is 0 Å². The van der Waals surface area contributed by atoms with Crippen LogP contribution in [0.4, 0.5) is 5.69 Å². The Balaban J connectivity index is 2.29. The third kappa shape index (κ3) is 2.97. The van der Waals surface area contributed by atoms with E-state index in [1.54, 1.807) is 0 Å². The molecule has 1 N–H and O–H groups in total. The van der Waals surface area contributed by atoms with E-state index in [1.165, 1.54) is 0 Å². The molecule has 1 aromatic rings. The van der Waals surface area contributed by atoms with E-state index >= 15 is 0 Å². The second kappa shape index (κ2) is 5.91. The smallest absolute Gasteiger partial charge is 0.0702 e. The first-order chi connectivity index (χ1) is 8.61. The predicted octanol–water partition coefficient (Wildman–Crippen LogP) is 2.36. The van der Waals surface area contributed by atoms with Gasteiger partial charge in [-0.1, -0.05) is 11.6 Å². The molecule has 3 nitrogen and oxygen atoms in total. The van der Waals surface area contributed by atoms with Crippen molar-refractivity contribution < 1.29 is 5.11 Å². The number of benzene rings is 1. The van der Waals surface area contributed by atoms with Crippen molar-refractivity contribution >= 4 is 17.3 Å². The third-order valence-electron chi connectivity index (χ3n) is 3.57. The fourth-order valence-corrected chi connectivity index (χ4v) is 2.89. The zero-order chi connectivity index (χ0) is 13.1.